The van der Waals surface area contributed by atoms with Gasteiger partial charge in [0.1, 0.15) is 5.69 Å². The standard InChI is InChI=1S/C20H24N4O2/c1-2-23(14-17-7-5-11-26-17)20(25)18-12-16(21-22-18)13-24-10-9-15-6-3-4-8-19(15)24/h3-4,6,8-10,12,17H,2,5,7,11,13-14H2,1H3,(H,21,22)/t17-/m0/s1. The summed E-state index contributed by atoms with van der Waals surface area (Å²) in [4.78, 5) is 14.6. The van der Waals surface area contributed by atoms with Crippen molar-refractivity contribution < 1.29 is 9.53 Å². The van der Waals surface area contributed by atoms with Gasteiger partial charge in [-0.25, -0.2) is 0 Å². The number of para-hydroxylation sites is 1. The maximum atomic E-state index is 12.8. The van der Waals surface area contributed by atoms with Crippen LogP contribution in [0.5, 0.6) is 0 Å². The van der Waals surface area contributed by atoms with Crippen molar-refractivity contribution in [2.45, 2.75) is 32.4 Å². The van der Waals surface area contributed by atoms with Gasteiger partial charge in [0.15, 0.2) is 0 Å². The molecule has 3 aromatic rings. The third kappa shape index (κ3) is 3.37. The van der Waals surface area contributed by atoms with Gasteiger partial charge in [0.05, 0.1) is 18.3 Å². The summed E-state index contributed by atoms with van der Waals surface area (Å²) in [5, 5.41) is 8.47. The Morgan fingerprint density at radius 1 is 1.38 bits per heavy atom. The zero-order chi connectivity index (χ0) is 17.9. The number of hydrogen-bond donors (Lipinski definition) is 1. The molecule has 0 aliphatic carbocycles. The van der Waals surface area contributed by atoms with Crippen LogP contribution in [-0.2, 0) is 11.3 Å². The molecular weight excluding hydrogens is 328 g/mol. The van der Waals surface area contributed by atoms with E-state index in [-0.39, 0.29) is 12.0 Å². The number of carbonyl (C=O) groups excluding carboxylic acids is 1. The SMILES string of the molecule is CCN(C[C@@H]1CCCO1)C(=O)c1cc(Cn2ccc3ccccc32)[nH]n1. The van der Waals surface area contributed by atoms with Crippen molar-refractivity contribution in [1.29, 1.82) is 0 Å². The number of ether oxygens (including phenoxy) is 1. The molecule has 4 rings (SSSR count). The lowest BCUT2D eigenvalue weighted by atomic mass is 10.2. The number of fused-ring (bicyclic) bond motifs is 1. The molecule has 1 atom stereocenters. The second kappa shape index (κ2) is 7.33. The van der Waals surface area contributed by atoms with Crippen LogP contribution in [0.15, 0.2) is 42.6 Å². The number of hydrogen-bond acceptors (Lipinski definition) is 3. The van der Waals surface area contributed by atoms with Crippen LogP contribution < -0.4 is 0 Å². The predicted molar refractivity (Wildman–Crippen MR) is 100 cm³/mol. The Bertz CT molecular complexity index is 892. The Kier molecular flexibility index (Phi) is 4.75. The van der Waals surface area contributed by atoms with Crippen LogP contribution in [0.4, 0.5) is 0 Å². The van der Waals surface area contributed by atoms with E-state index in [0.29, 0.717) is 25.3 Å². The lowest BCUT2D eigenvalue weighted by molar-refractivity contribution is 0.0535. The van der Waals surface area contributed by atoms with Crippen molar-refractivity contribution in [2.24, 2.45) is 0 Å². The number of carbonyl (C=O) groups is 1. The van der Waals surface area contributed by atoms with Crippen LogP contribution in [0.3, 0.4) is 0 Å². The number of nitrogens with one attached hydrogen (secondary N) is 1. The molecule has 6 heteroatoms. The van der Waals surface area contributed by atoms with Crippen molar-refractivity contribution in [2.75, 3.05) is 19.7 Å². The minimum absolute atomic E-state index is 0.0390. The summed E-state index contributed by atoms with van der Waals surface area (Å²) in [6, 6.07) is 12.2. The molecule has 136 valence electrons. The number of likely N-dealkylation sites (N-methyl/N-ethyl adjacent to an activating group) is 1. The Hall–Kier alpha value is -2.60. The number of benzene rings is 1. The molecule has 1 aliphatic rings. The molecule has 0 radical (unpaired) electrons. The number of aromatic amines is 1. The van der Waals surface area contributed by atoms with Crippen molar-refractivity contribution in [3.8, 4) is 0 Å². The molecule has 1 amide bonds. The first kappa shape index (κ1) is 16.8. The van der Waals surface area contributed by atoms with Gasteiger partial charge in [-0.1, -0.05) is 18.2 Å². The minimum Gasteiger partial charge on any atom is -0.376 e. The summed E-state index contributed by atoms with van der Waals surface area (Å²) < 4.78 is 7.82. The number of aromatic nitrogens is 3. The van der Waals surface area contributed by atoms with Crippen LogP contribution in [0, 0.1) is 0 Å². The van der Waals surface area contributed by atoms with Gasteiger partial charge in [0.2, 0.25) is 0 Å². The first-order valence-corrected chi connectivity index (χ1v) is 9.23. The molecule has 0 saturated carbocycles. The van der Waals surface area contributed by atoms with E-state index in [1.54, 1.807) is 0 Å². The number of nitrogens with zero attached hydrogens (tertiary/aromatic N) is 3. The molecule has 0 bridgehead atoms. The highest BCUT2D eigenvalue weighted by atomic mass is 16.5. The zero-order valence-electron chi connectivity index (χ0n) is 15.0. The van der Waals surface area contributed by atoms with E-state index in [1.807, 2.05) is 30.0 Å². The minimum atomic E-state index is -0.0390. The third-order valence-electron chi connectivity index (χ3n) is 4.99. The molecule has 0 spiro atoms. The van der Waals surface area contributed by atoms with Gasteiger partial charge in [-0.05, 0) is 43.4 Å². The summed E-state index contributed by atoms with van der Waals surface area (Å²) in [6.45, 7) is 4.74. The number of rotatable bonds is 6. The summed E-state index contributed by atoms with van der Waals surface area (Å²) in [6.07, 6.45) is 4.32. The van der Waals surface area contributed by atoms with Gasteiger partial charge in [-0.15, -0.1) is 0 Å². The molecule has 2 aromatic heterocycles. The fourth-order valence-electron chi connectivity index (χ4n) is 3.57. The molecule has 1 N–H and O–H groups in total. The van der Waals surface area contributed by atoms with E-state index in [2.05, 4.69) is 39.2 Å². The lowest BCUT2D eigenvalue weighted by Gasteiger charge is -2.23. The molecule has 0 unspecified atom stereocenters. The number of H-pyrrole nitrogens is 1. The Labute approximate surface area is 152 Å². The maximum Gasteiger partial charge on any atom is 0.274 e. The highest BCUT2D eigenvalue weighted by Crippen LogP contribution is 2.17. The Morgan fingerprint density at radius 3 is 3.08 bits per heavy atom. The van der Waals surface area contributed by atoms with Gasteiger partial charge in [-0.2, -0.15) is 5.10 Å². The van der Waals surface area contributed by atoms with E-state index >= 15 is 0 Å². The molecule has 1 aromatic carbocycles. The summed E-state index contributed by atoms with van der Waals surface area (Å²) in [5.41, 5.74) is 2.56. The average molecular weight is 352 g/mol. The molecular formula is C20H24N4O2. The molecule has 1 aliphatic heterocycles. The summed E-state index contributed by atoms with van der Waals surface area (Å²) in [5.74, 6) is -0.0390. The maximum absolute atomic E-state index is 12.8. The predicted octanol–water partition coefficient (Wildman–Crippen LogP) is 3.05. The largest absolute Gasteiger partial charge is 0.376 e. The molecule has 3 heterocycles. The van der Waals surface area contributed by atoms with Crippen molar-refractivity contribution in [3.63, 3.8) is 0 Å². The van der Waals surface area contributed by atoms with E-state index in [9.17, 15) is 4.79 Å². The normalized spacial score (nSPS) is 17.0. The van der Waals surface area contributed by atoms with Crippen molar-refractivity contribution in [3.05, 3.63) is 54.0 Å². The van der Waals surface area contributed by atoms with E-state index in [4.69, 9.17) is 4.74 Å². The Balaban J connectivity index is 1.47. The second-order valence-corrected chi connectivity index (χ2v) is 6.76. The van der Waals surface area contributed by atoms with Crippen LogP contribution in [0.25, 0.3) is 10.9 Å². The van der Waals surface area contributed by atoms with Crippen LogP contribution >= 0.6 is 0 Å². The highest BCUT2D eigenvalue weighted by Gasteiger charge is 2.23. The van der Waals surface area contributed by atoms with Gasteiger partial charge in [0.25, 0.3) is 5.91 Å². The lowest BCUT2D eigenvalue weighted by Crippen LogP contribution is -2.37. The molecule has 1 saturated heterocycles. The van der Waals surface area contributed by atoms with Gasteiger partial charge >= 0.3 is 0 Å². The van der Waals surface area contributed by atoms with Crippen molar-refractivity contribution in [1.82, 2.24) is 19.7 Å². The van der Waals surface area contributed by atoms with Crippen molar-refractivity contribution >= 4 is 16.8 Å². The fraction of sp³-hybridized carbons (Fsp3) is 0.400. The van der Waals surface area contributed by atoms with E-state index in [0.717, 1.165) is 25.1 Å². The van der Waals surface area contributed by atoms with Gasteiger partial charge < -0.3 is 14.2 Å². The monoisotopic (exact) mass is 352 g/mol. The van der Waals surface area contributed by atoms with E-state index in [1.165, 1.54) is 10.9 Å². The van der Waals surface area contributed by atoms with Crippen LogP contribution in [0.2, 0.25) is 0 Å². The van der Waals surface area contributed by atoms with Gasteiger partial charge in [0, 0.05) is 31.4 Å². The highest BCUT2D eigenvalue weighted by molar-refractivity contribution is 5.92. The van der Waals surface area contributed by atoms with E-state index < -0.39 is 0 Å². The van der Waals surface area contributed by atoms with Crippen LogP contribution in [-0.4, -0.2) is 51.4 Å². The first-order chi connectivity index (χ1) is 12.7. The second-order valence-electron chi connectivity index (χ2n) is 6.76. The first-order valence-electron chi connectivity index (χ1n) is 9.23. The quantitative estimate of drug-likeness (QED) is 0.742. The summed E-state index contributed by atoms with van der Waals surface area (Å²) in [7, 11) is 0. The molecule has 6 nitrogen and oxygen atoms in total. The smallest absolute Gasteiger partial charge is 0.274 e. The number of amides is 1. The topological polar surface area (TPSA) is 63.1 Å². The average Bonchev–Trinajstić information content (AvgIpc) is 3.41. The summed E-state index contributed by atoms with van der Waals surface area (Å²) >= 11 is 0. The van der Waals surface area contributed by atoms with Gasteiger partial charge in [-0.3, -0.25) is 9.89 Å². The Morgan fingerprint density at radius 2 is 2.27 bits per heavy atom. The third-order valence-corrected chi connectivity index (χ3v) is 4.99. The molecule has 1 fully saturated rings. The zero-order valence-corrected chi connectivity index (χ0v) is 15.0. The molecule has 26 heavy (non-hydrogen) atoms. The fourth-order valence-corrected chi connectivity index (χ4v) is 3.57. The van der Waals surface area contributed by atoms with Crippen LogP contribution in [0.1, 0.15) is 35.9 Å².